The van der Waals surface area contributed by atoms with Crippen molar-refractivity contribution in [3.8, 4) is 10.9 Å². The predicted molar refractivity (Wildman–Crippen MR) is 73.8 cm³/mol. The van der Waals surface area contributed by atoms with Crippen molar-refractivity contribution in [2.45, 2.75) is 13.8 Å². The Kier molecular flexibility index (Phi) is 4.43. The van der Waals surface area contributed by atoms with Gasteiger partial charge in [-0.05, 0) is 31.3 Å². The van der Waals surface area contributed by atoms with Crippen molar-refractivity contribution in [3.63, 3.8) is 0 Å². The molecule has 1 aromatic heterocycles. The van der Waals surface area contributed by atoms with Crippen LogP contribution in [0, 0.1) is 17.0 Å². The van der Waals surface area contributed by atoms with Crippen LogP contribution < -0.4 is 4.74 Å². The van der Waals surface area contributed by atoms with E-state index >= 15 is 0 Å². The van der Waals surface area contributed by atoms with Gasteiger partial charge in [0, 0.05) is 5.56 Å². The minimum Gasteiger partial charge on any atom is -0.461 e. The summed E-state index contributed by atoms with van der Waals surface area (Å²) in [6.45, 7) is 3.50. The van der Waals surface area contributed by atoms with Gasteiger partial charge in [-0.1, -0.05) is 17.2 Å². The van der Waals surface area contributed by atoms with Gasteiger partial charge in [-0.25, -0.2) is 4.79 Å². The Morgan fingerprint density at radius 1 is 1.43 bits per heavy atom. The normalized spacial score (nSPS) is 10.2. The summed E-state index contributed by atoms with van der Waals surface area (Å²) < 4.78 is 10.1. The van der Waals surface area contributed by atoms with Crippen LogP contribution in [0.2, 0.25) is 0 Å². The van der Waals surface area contributed by atoms with E-state index in [4.69, 9.17) is 9.47 Å². The van der Waals surface area contributed by atoms with Crippen LogP contribution in [-0.4, -0.2) is 27.7 Å². The zero-order chi connectivity index (χ0) is 15.4. The highest BCUT2D eigenvalue weighted by atomic mass is 32.1. The molecule has 0 spiro atoms. The number of esters is 1. The lowest BCUT2D eigenvalue weighted by Crippen LogP contribution is -2.03. The molecule has 21 heavy (non-hydrogen) atoms. The summed E-state index contributed by atoms with van der Waals surface area (Å²) >= 11 is 0.860. The highest BCUT2D eigenvalue weighted by Crippen LogP contribution is 2.34. The molecular formula is C12H11N3O5S. The predicted octanol–water partition coefficient (Wildman–Crippen LogP) is 2.72. The summed E-state index contributed by atoms with van der Waals surface area (Å²) in [6.07, 6.45) is 0. The third-order valence-corrected chi connectivity index (χ3v) is 3.22. The second-order valence-electron chi connectivity index (χ2n) is 3.87. The highest BCUT2D eigenvalue weighted by molar-refractivity contribution is 7.14. The molecule has 0 amide bonds. The second-order valence-corrected chi connectivity index (χ2v) is 4.81. The number of hydrogen-bond donors (Lipinski definition) is 0. The molecule has 9 heteroatoms. The minimum atomic E-state index is -0.608. The lowest BCUT2D eigenvalue weighted by Gasteiger charge is -2.03. The molecule has 0 radical (unpaired) electrons. The summed E-state index contributed by atoms with van der Waals surface area (Å²) in [5.74, 6) is -0.560. The van der Waals surface area contributed by atoms with Crippen molar-refractivity contribution in [2.75, 3.05) is 6.61 Å². The molecule has 1 aromatic carbocycles. The molecule has 1 heterocycles. The molecule has 0 atom stereocenters. The number of carbonyl (C=O) groups is 1. The molecule has 2 rings (SSSR count). The third-order valence-electron chi connectivity index (χ3n) is 2.44. The Bertz CT molecular complexity index is 685. The fourth-order valence-electron chi connectivity index (χ4n) is 1.57. The van der Waals surface area contributed by atoms with Gasteiger partial charge in [-0.2, -0.15) is 0 Å². The van der Waals surface area contributed by atoms with E-state index < -0.39 is 10.9 Å². The molecule has 110 valence electrons. The molecule has 0 N–H and O–H groups in total. The monoisotopic (exact) mass is 309 g/mol. The van der Waals surface area contributed by atoms with Crippen LogP contribution >= 0.6 is 11.3 Å². The van der Waals surface area contributed by atoms with E-state index in [1.54, 1.807) is 26.0 Å². The number of benzene rings is 1. The number of hydrogen-bond acceptors (Lipinski definition) is 8. The average molecular weight is 309 g/mol. The van der Waals surface area contributed by atoms with Crippen molar-refractivity contribution in [2.24, 2.45) is 0 Å². The van der Waals surface area contributed by atoms with E-state index in [1.807, 2.05) is 0 Å². The van der Waals surface area contributed by atoms with Crippen molar-refractivity contribution >= 4 is 23.0 Å². The first-order valence-corrected chi connectivity index (χ1v) is 6.77. The standard InChI is InChI=1S/C12H11N3O5S/c1-3-19-11(16)10-13-14-12(21-10)20-8-6-4-5-7(2)9(8)15(17)18/h4-6H,3H2,1-2H3. The molecule has 8 nitrogen and oxygen atoms in total. The topological polar surface area (TPSA) is 104 Å². The van der Waals surface area contributed by atoms with Crippen LogP contribution in [0.15, 0.2) is 18.2 Å². The van der Waals surface area contributed by atoms with Crippen LogP contribution in [-0.2, 0) is 4.74 Å². The van der Waals surface area contributed by atoms with Gasteiger partial charge in [0.1, 0.15) is 0 Å². The number of aryl methyl sites for hydroxylation is 1. The van der Waals surface area contributed by atoms with Gasteiger partial charge >= 0.3 is 11.7 Å². The molecule has 0 aliphatic heterocycles. The molecule has 0 saturated heterocycles. The van der Waals surface area contributed by atoms with Gasteiger partial charge in [0.2, 0.25) is 10.8 Å². The van der Waals surface area contributed by atoms with Gasteiger partial charge in [-0.15, -0.1) is 5.10 Å². The Hall–Kier alpha value is -2.55. The SMILES string of the molecule is CCOC(=O)c1nnc(Oc2cccc(C)c2[N+](=O)[O-])s1. The quantitative estimate of drug-likeness (QED) is 0.475. The number of rotatable bonds is 5. The summed E-state index contributed by atoms with van der Waals surface area (Å²) in [5.41, 5.74) is 0.318. The van der Waals surface area contributed by atoms with Gasteiger partial charge < -0.3 is 9.47 Å². The van der Waals surface area contributed by atoms with E-state index in [1.165, 1.54) is 6.07 Å². The molecule has 0 aliphatic rings. The highest BCUT2D eigenvalue weighted by Gasteiger charge is 2.21. The molecule has 0 aliphatic carbocycles. The van der Waals surface area contributed by atoms with Crippen molar-refractivity contribution in [1.82, 2.24) is 10.2 Å². The number of ether oxygens (including phenoxy) is 2. The van der Waals surface area contributed by atoms with E-state index in [-0.39, 0.29) is 28.2 Å². The van der Waals surface area contributed by atoms with Crippen LogP contribution in [0.3, 0.4) is 0 Å². The maximum absolute atomic E-state index is 11.5. The largest absolute Gasteiger partial charge is 0.461 e. The van der Waals surface area contributed by atoms with Crippen molar-refractivity contribution < 1.29 is 19.2 Å². The molecular weight excluding hydrogens is 298 g/mol. The zero-order valence-corrected chi connectivity index (χ0v) is 12.0. The van der Waals surface area contributed by atoms with Crippen molar-refractivity contribution in [3.05, 3.63) is 38.9 Å². The first-order chi connectivity index (χ1) is 10.0. The first kappa shape index (κ1) is 14.9. The Morgan fingerprint density at radius 3 is 2.86 bits per heavy atom. The maximum atomic E-state index is 11.5. The third kappa shape index (κ3) is 3.31. The van der Waals surface area contributed by atoms with Gasteiger partial charge in [0.05, 0.1) is 11.5 Å². The first-order valence-electron chi connectivity index (χ1n) is 5.95. The molecule has 0 saturated carbocycles. The van der Waals surface area contributed by atoms with E-state index in [2.05, 4.69) is 10.2 Å². The van der Waals surface area contributed by atoms with Gasteiger partial charge in [0.25, 0.3) is 5.19 Å². The summed E-state index contributed by atoms with van der Waals surface area (Å²) in [6, 6.07) is 4.69. The van der Waals surface area contributed by atoms with E-state index in [0.29, 0.717) is 5.56 Å². The number of aromatic nitrogens is 2. The lowest BCUT2D eigenvalue weighted by atomic mass is 10.2. The molecule has 0 unspecified atom stereocenters. The summed E-state index contributed by atoms with van der Waals surface area (Å²) in [5, 5.41) is 18.4. The summed E-state index contributed by atoms with van der Waals surface area (Å²) in [4.78, 5) is 22.0. The Labute approximate surface area is 123 Å². The lowest BCUT2D eigenvalue weighted by molar-refractivity contribution is -0.386. The number of nitrogens with zero attached hydrogens (tertiary/aromatic N) is 3. The maximum Gasteiger partial charge on any atom is 0.369 e. The number of para-hydroxylation sites is 1. The second kappa shape index (κ2) is 6.27. The van der Waals surface area contributed by atoms with Gasteiger partial charge in [-0.3, -0.25) is 10.1 Å². The smallest absolute Gasteiger partial charge is 0.369 e. The average Bonchev–Trinajstić information content (AvgIpc) is 2.87. The fraction of sp³-hybridized carbons (Fsp3) is 0.250. The van der Waals surface area contributed by atoms with Crippen LogP contribution in [0.4, 0.5) is 5.69 Å². The van der Waals surface area contributed by atoms with Crippen LogP contribution in [0.5, 0.6) is 10.9 Å². The van der Waals surface area contributed by atoms with E-state index in [9.17, 15) is 14.9 Å². The van der Waals surface area contributed by atoms with E-state index in [0.717, 1.165) is 11.3 Å². The number of nitro benzene ring substituents is 1. The van der Waals surface area contributed by atoms with Crippen LogP contribution in [0.25, 0.3) is 0 Å². The van der Waals surface area contributed by atoms with Gasteiger partial charge in [0.15, 0.2) is 0 Å². The molecule has 0 fully saturated rings. The van der Waals surface area contributed by atoms with Crippen molar-refractivity contribution in [1.29, 1.82) is 0 Å². The Balaban J connectivity index is 2.25. The molecule has 2 aromatic rings. The minimum absolute atomic E-state index is 0.0298. The fourth-order valence-corrected chi connectivity index (χ4v) is 2.17. The number of nitro groups is 1. The van der Waals surface area contributed by atoms with Crippen LogP contribution in [0.1, 0.15) is 22.3 Å². The zero-order valence-electron chi connectivity index (χ0n) is 11.2. The summed E-state index contributed by atoms with van der Waals surface area (Å²) in [7, 11) is 0. The Morgan fingerprint density at radius 2 is 2.19 bits per heavy atom. The molecule has 0 bridgehead atoms. The number of carbonyl (C=O) groups excluding carboxylic acids is 1.